The Balaban J connectivity index is 1.38. The van der Waals surface area contributed by atoms with Gasteiger partial charge in [0.25, 0.3) is 17.1 Å². The number of carbonyl (C=O) groups excluding carboxylic acids is 4. The van der Waals surface area contributed by atoms with Crippen LogP contribution in [0.25, 0.3) is 6.08 Å². The average molecular weight is 530 g/mol. The lowest BCUT2D eigenvalue weighted by atomic mass is 10.0. The maximum absolute atomic E-state index is 12.9. The zero-order valence-electron chi connectivity index (χ0n) is 21.0. The third-order valence-electron chi connectivity index (χ3n) is 5.66. The van der Waals surface area contributed by atoms with Crippen LogP contribution in [-0.4, -0.2) is 41.0 Å². The van der Waals surface area contributed by atoms with Gasteiger partial charge in [0.05, 0.1) is 4.91 Å². The number of hydrogen-bond donors (Lipinski definition) is 2. The molecule has 1 fully saturated rings. The normalized spacial score (nSPS) is 14.2. The Morgan fingerprint density at radius 1 is 0.868 bits per heavy atom. The third-order valence-corrected chi connectivity index (χ3v) is 6.57. The van der Waals surface area contributed by atoms with Crippen LogP contribution in [-0.2, 0) is 14.4 Å². The maximum Gasteiger partial charge on any atom is 0.294 e. The van der Waals surface area contributed by atoms with Crippen LogP contribution in [0.3, 0.4) is 0 Å². The van der Waals surface area contributed by atoms with Crippen LogP contribution in [0.2, 0.25) is 0 Å². The molecule has 0 atom stereocenters. The van der Waals surface area contributed by atoms with Crippen molar-refractivity contribution in [2.45, 2.75) is 19.8 Å². The largest absolute Gasteiger partial charge is 0.483 e. The van der Waals surface area contributed by atoms with E-state index >= 15 is 0 Å². The topological polar surface area (TPSA) is 105 Å². The number of imide groups is 1. The molecule has 4 amide bonds. The minimum Gasteiger partial charge on any atom is -0.483 e. The molecule has 9 heteroatoms. The molecule has 0 unspecified atom stereocenters. The minimum atomic E-state index is -0.568. The van der Waals surface area contributed by atoms with E-state index in [1.54, 1.807) is 48.5 Å². The summed E-state index contributed by atoms with van der Waals surface area (Å²) in [5, 5.41) is 4.93. The average Bonchev–Trinajstić information content (AvgIpc) is 3.16. The van der Waals surface area contributed by atoms with Gasteiger partial charge in [0.1, 0.15) is 12.3 Å². The minimum absolute atomic E-state index is 0.161. The standard InChI is InChI=1S/C29H27N3O5S/c1-19(2)20-12-14-23(15-13-20)30-26(33)17-32-28(35)25(38-29(32)36)16-21-8-6-7-11-24(21)37-18-27(34)31-22-9-4-3-5-10-22/h3-16,19H,17-18H2,1-2H3,(H,30,33)(H,31,34)/b25-16+. The molecule has 2 N–H and O–H groups in total. The van der Waals surface area contributed by atoms with Crippen LogP contribution in [0.4, 0.5) is 16.2 Å². The number of nitrogens with one attached hydrogen (secondary N) is 2. The molecule has 1 aliphatic rings. The van der Waals surface area contributed by atoms with Gasteiger partial charge in [-0.25, -0.2) is 0 Å². The molecule has 8 nitrogen and oxygen atoms in total. The molecule has 0 bridgehead atoms. The predicted octanol–water partition coefficient (Wildman–Crippen LogP) is 5.50. The molecule has 0 spiro atoms. The Labute approximate surface area is 225 Å². The zero-order valence-corrected chi connectivity index (χ0v) is 21.8. The highest BCUT2D eigenvalue weighted by atomic mass is 32.2. The summed E-state index contributed by atoms with van der Waals surface area (Å²) in [6.45, 7) is 3.52. The van der Waals surface area contributed by atoms with Gasteiger partial charge < -0.3 is 15.4 Å². The van der Waals surface area contributed by atoms with Crippen molar-refractivity contribution in [1.82, 2.24) is 4.90 Å². The molecule has 0 radical (unpaired) electrons. The van der Waals surface area contributed by atoms with Gasteiger partial charge in [-0.2, -0.15) is 0 Å². The first-order valence-electron chi connectivity index (χ1n) is 12.0. The molecule has 0 saturated carbocycles. The number of nitrogens with zero attached hydrogens (tertiary/aromatic N) is 1. The molecule has 1 aliphatic heterocycles. The van der Waals surface area contributed by atoms with Crippen molar-refractivity contribution < 1.29 is 23.9 Å². The SMILES string of the molecule is CC(C)c1ccc(NC(=O)CN2C(=O)S/C(=C/c3ccccc3OCC(=O)Nc3ccccc3)C2=O)cc1. The highest BCUT2D eigenvalue weighted by Crippen LogP contribution is 2.34. The van der Waals surface area contributed by atoms with Crippen molar-refractivity contribution in [3.63, 3.8) is 0 Å². The van der Waals surface area contributed by atoms with Gasteiger partial charge in [-0.1, -0.05) is 62.4 Å². The van der Waals surface area contributed by atoms with E-state index in [-0.39, 0.29) is 17.4 Å². The lowest BCUT2D eigenvalue weighted by Gasteiger charge is -2.13. The van der Waals surface area contributed by atoms with Crippen molar-refractivity contribution in [1.29, 1.82) is 0 Å². The van der Waals surface area contributed by atoms with Gasteiger partial charge in [-0.3, -0.25) is 24.1 Å². The summed E-state index contributed by atoms with van der Waals surface area (Å²) >= 11 is 0.749. The van der Waals surface area contributed by atoms with Gasteiger partial charge in [0.15, 0.2) is 6.61 Å². The number of para-hydroxylation sites is 2. The predicted molar refractivity (Wildman–Crippen MR) is 149 cm³/mol. The van der Waals surface area contributed by atoms with E-state index in [1.807, 2.05) is 30.3 Å². The monoisotopic (exact) mass is 529 g/mol. The van der Waals surface area contributed by atoms with Crippen LogP contribution in [0.5, 0.6) is 5.75 Å². The summed E-state index contributed by atoms with van der Waals surface area (Å²) in [7, 11) is 0. The van der Waals surface area contributed by atoms with Crippen molar-refractivity contribution in [2.24, 2.45) is 0 Å². The molecular formula is C29H27N3O5S. The first-order valence-corrected chi connectivity index (χ1v) is 12.8. The first-order chi connectivity index (χ1) is 18.3. The fourth-order valence-electron chi connectivity index (χ4n) is 3.67. The van der Waals surface area contributed by atoms with Crippen molar-refractivity contribution >= 4 is 52.2 Å². The van der Waals surface area contributed by atoms with E-state index in [4.69, 9.17) is 4.74 Å². The van der Waals surface area contributed by atoms with Crippen LogP contribution in [0.15, 0.2) is 83.8 Å². The summed E-state index contributed by atoms with van der Waals surface area (Å²) in [5.41, 5.74) is 2.91. The van der Waals surface area contributed by atoms with Crippen molar-refractivity contribution in [3.05, 3.63) is 94.9 Å². The zero-order chi connectivity index (χ0) is 27.1. The summed E-state index contributed by atoms with van der Waals surface area (Å²) in [4.78, 5) is 51.3. The Bertz CT molecular complexity index is 1370. The lowest BCUT2D eigenvalue weighted by molar-refractivity contribution is -0.127. The summed E-state index contributed by atoms with van der Waals surface area (Å²) in [6, 6.07) is 23.3. The number of ether oxygens (including phenoxy) is 1. The fourth-order valence-corrected chi connectivity index (χ4v) is 4.50. The van der Waals surface area contributed by atoms with Crippen LogP contribution in [0, 0.1) is 0 Å². The Morgan fingerprint density at radius 3 is 2.21 bits per heavy atom. The second-order valence-corrected chi connectivity index (χ2v) is 9.83. The van der Waals surface area contributed by atoms with Crippen LogP contribution >= 0.6 is 11.8 Å². The molecule has 3 aromatic rings. The van der Waals surface area contributed by atoms with Crippen LogP contribution in [0.1, 0.15) is 30.9 Å². The molecular weight excluding hydrogens is 502 g/mol. The molecule has 0 aliphatic carbocycles. The number of benzene rings is 3. The van der Waals surface area contributed by atoms with E-state index < -0.39 is 23.6 Å². The van der Waals surface area contributed by atoms with E-state index in [9.17, 15) is 19.2 Å². The van der Waals surface area contributed by atoms with E-state index in [0.29, 0.717) is 28.6 Å². The smallest absolute Gasteiger partial charge is 0.294 e. The Kier molecular flexibility index (Phi) is 8.60. The molecule has 3 aromatic carbocycles. The lowest BCUT2D eigenvalue weighted by Crippen LogP contribution is -2.36. The number of anilines is 2. The van der Waals surface area contributed by atoms with Gasteiger partial charge >= 0.3 is 0 Å². The maximum atomic E-state index is 12.9. The molecule has 1 heterocycles. The van der Waals surface area contributed by atoms with Gasteiger partial charge in [-0.15, -0.1) is 0 Å². The number of amides is 4. The number of carbonyl (C=O) groups is 4. The number of thioether (sulfide) groups is 1. The fraction of sp³-hybridized carbons (Fsp3) is 0.172. The van der Waals surface area contributed by atoms with E-state index in [0.717, 1.165) is 22.2 Å². The first kappa shape index (κ1) is 26.7. The van der Waals surface area contributed by atoms with E-state index in [2.05, 4.69) is 24.5 Å². The number of rotatable bonds is 9. The number of hydrogen-bond acceptors (Lipinski definition) is 6. The quantitative estimate of drug-likeness (QED) is 0.355. The van der Waals surface area contributed by atoms with Crippen molar-refractivity contribution in [2.75, 3.05) is 23.8 Å². The highest BCUT2D eigenvalue weighted by Gasteiger charge is 2.36. The van der Waals surface area contributed by atoms with Gasteiger partial charge in [-0.05, 0) is 59.7 Å². The molecule has 1 saturated heterocycles. The summed E-state index contributed by atoms with van der Waals surface area (Å²) in [5.74, 6) is -0.633. The van der Waals surface area contributed by atoms with Crippen LogP contribution < -0.4 is 15.4 Å². The van der Waals surface area contributed by atoms with Crippen molar-refractivity contribution in [3.8, 4) is 5.75 Å². The second-order valence-electron chi connectivity index (χ2n) is 8.83. The van der Waals surface area contributed by atoms with Gasteiger partial charge in [0, 0.05) is 16.9 Å². The Hall–Kier alpha value is -4.37. The molecule has 38 heavy (non-hydrogen) atoms. The summed E-state index contributed by atoms with van der Waals surface area (Å²) < 4.78 is 5.68. The molecule has 4 rings (SSSR count). The Morgan fingerprint density at radius 2 is 1.50 bits per heavy atom. The summed E-state index contributed by atoms with van der Waals surface area (Å²) in [6.07, 6.45) is 1.53. The highest BCUT2D eigenvalue weighted by molar-refractivity contribution is 8.18. The molecule has 0 aromatic heterocycles. The third kappa shape index (κ3) is 6.89. The molecule has 194 valence electrons. The van der Waals surface area contributed by atoms with Gasteiger partial charge in [0.2, 0.25) is 5.91 Å². The second kappa shape index (κ2) is 12.2. The van der Waals surface area contributed by atoms with E-state index in [1.165, 1.54) is 6.08 Å².